The van der Waals surface area contributed by atoms with Gasteiger partial charge in [0.2, 0.25) is 11.6 Å². The SMILES string of the molecule is CC(C)Cc1cc(CN2C(=O)N(c3cc(F)c(OC(F)(F)F)c(F)c3F)C(=O)C2C)ccn1. The Bertz CT molecular complexity index is 1090. The van der Waals surface area contributed by atoms with Crippen LogP contribution < -0.4 is 9.64 Å². The van der Waals surface area contributed by atoms with Crippen molar-refractivity contribution in [2.45, 2.75) is 46.1 Å². The van der Waals surface area contributed by atoms with Crippen LogP contribution in [0.3, 0.4) is 0 Å². The Hall–Kier alpha value is -3.31. The number of alkyl halides is 3. The van der Waals surface area contributed by atoms with Crippen LogP contribution in [-0.2, 0) is 17.8 Å². The first kappa shape index (κ1) is 24.3. The highest BCUT2D eigenvalue weighted by atomic mass is 19.4. The molecule has 1 aromatic carbocycles. The number of pyridine rings is 1. The van der Waals surface area contributed by atoms with Crippen molar-refractivity contribution in [1.82, 2.24) is 9.88 Å². The molecule has 0 N–H and O–H groups in total. The van der Waals surface area contributed by atoms with Crippen LogP contribution in [0.15, 0.2) is 24.4 Å². The van der Waals surface area contributed by atoms with Gasteiger partial charge in [0.25, 0.3) is 5.91 Å². The van der Waals surface area contributed by atoms with Crippen LogP contribution in [0.25, 0.3) is 0 Å². The van der Waals surface area contributed by atoms with E-state index in [1.54, 1.807) is 12.1 Å². The van der Waals surface area contributed by atoms with Crippen molar-refractivity contribution in [3.05, 3.63) is 53.1 Å². The second-order valence-electron chi connectivity index (χ2n) is 7.90. The Labute approximate surface area is 184 Å². The minimum absolute atomic E-state index is 0.0856. The number of imide groups is 1. The third kappa shape index (κ3) is 5.04. The predicted molar refractivity (Wildman–Crippen MR) is 104 cm³/mol. The first-order valence-corrected chi connectivity index (χ1v) is 9.81. The van der Waals surface area contributed by atoms with E-state index in [1.807, 2.05) is 13.8 Å². The van der Waals surface area contributed by atoms with E-state index < -0.39 is 53.2 Å². The molecule has 1 atom stereocenters. The lowest BCUT2D eigenvalue weighted by atomic mass is 10.1. The van der Waals surface area contributed by atoms with Gasteiger partial charge in [-0.15, -0.1) is 13.2 Å². The van der Waals surface area contributed by atoms with E-state index in [-0.39, 0.29) is 17.5 Å². The number of anilines is 1. The Morgan fingerprint density at radius 2 is 1.79 bits per heavy atom. The molecular formula is C21H19F6N3O3. The van der Waals surface area contributed by atoms with Crippen LogP contribution in [0.2, 0.25) is 0 Å². The van der Waals surface area contributed by atoms with Gasteiger partial charge in [0.05, 0.1) is 5.69 Å². The molecule has 0 radical (unpaired) electrons. The van der Waals surface area contributed by atoms with Crippen LogP contribution in [0.5, 0.6) is 5.75 Å². The molecule has 2 heterocycles. The summed E-state index contributed by atoms with van der Waals surface area (Å²) >= 11 is 0. The third-order valence-electron chi connectivity index (χ3n) is 4.89. The number of amides is 3. The van der Waals surface area contributed by atoms with Gasteiger partial charge >= 0.3 is 12.4 Å². The maximum atomic E-state index is 14.5. The van der Waals surface area contributed by atoms with Gasteiger partial charge < -0.3 is 9.64 Å². The van der Waals surface area contributed by atoms with Crippen molar-refractivity contribution in [1.29, 1.82) is 0 Å². The van der Waals surface area contributed by atoms with Gasteiger partial charge in [0, 0.05) is 24.5 Å². The van der Waals surface area contributed by atoms with Gasteiger partial charge in [-0.1, -0.05) is 13.8 Å². The number of hydrogen-bond donors (Lipinski definition) is 0. The Morgan fingerprint density at radius 1 is 1.12 bits per heavy atom. The molecule has 12 heteroatoms. The number of urea groups is 1. The number of carbonyl (C=O) groups is 2. The predicted octanol–water partition coefficient (Wildman–Crippen LogP) is 4.95. The lowest BCUT2D eigenvalue weighted by Crippen LogP contribution is -2.34. The molecule has 1 saturated heterocycles. The molecule has 2 aromatic rings. The fraction of sp³-hybridized carbons (Fsp3) is 0.381. The number of hydrogen-bond acceptors (Lipinski definition) is 4. The summed E-state index contributed by atoms with van der Waals surface area (Å²) in [6.07, 6.45) is -3.29. The van der Waals surface area contributed by atoms with Crippen molar-refractivity contribution in [2.75, 3.05) is 4.90 Å². The molecule has 0 spiro atoms. The van der Waals surface area contributed by atoms with E-state index >= 15 is 0 Å². The number of rotatable bonds is 6. The molecular weight excluding hydrogens is 456 g/mol. The zero-order valence-electron chi connectivity index (χ0n) is 17.7. The van der Waals surface area contributed by atoms with Gasteiger partial charge in [-0.25, -0.2) is 18.5 Å². The molecule has 1 aliphatic heterocycles. The zero-order chi connectivity index (χ0) is 24.7. The summed E-state index contributed by atoms with van der Waals surface area (Å²) in [5.74, 6) is -8.99. The topological polar surface area (TPSA) is 62.7 Å². The van der Waals surface area contributed by atoms with Gasteiger partial charge in [-0.05, 0) is 37.0 Å². The highest BCUT2D eigenvalue weighted by molar-refractivity contribution is 6.21. The van der Waals surface area contributed by atoms with Crippen LogP contribution in [0.1, 0.15) is 32.0 Å². The van der Waals surface area contributed by atoms with Crippen LogP contribution in [0.4, 0.5) is 36.8 Å². The molecule has 3 rings (SSSR count). The second-order valence-corrected chi connectivity index (χ2v) is 7.90. The largest absolute Gasteiger partial charge is 0.573 e. The highest BCUT2D eigenvalue weighted by Crippen LogP contribution is 2.37. The molecule has 178 valence electrons. The van der Waals surface area contributed by atoms with Crippen LogP contribution in [-0.4, -0.2) is 34.2 Å². The van der Waals surface area contributed by atoms with E-state index in [0.29, 0.717) is 17.9 Å². The van der Waals surface area contributed by atoms with Gasteiger partial charge in [-0.2, -0.15) is 4.39 Å². The molecule has 0 saturated carbocycles. The zero-order valence-corrected chi connectivity index (χ0v) is 17.7. The molecule has 1 unspecified atom stereocenters. The maximum absolute atomic E-state index is 14.5. The summed E-state index contributed by atoms with van der Waals surface area (Å²) < 4.78 is 83.0. The molecule has 0 bridgehead atoms. The quantitative estimate of drug-likeness (QED) is 0.337. The molecule has 1 aromatic heterocycles. The summed E-state index contributed by atoms with van der Waals surface area (Å²) in [6, 6.07) is 1.24. The average Bonchev–Trinajstić information content (AvgIpc) is 2.91. The monoisotopic (exact) mass is 475 g/mol. The minimum Gasteiger partial charge on any atom is -0.399 e. The van der Waals surface area contributed by atoms with Crippen molar-refractivity contribution in [2.24, 2.45) is 5.92 Å². The highest BCUT2D eigenvalue weighted by Gasteiger charge is 2.46. The first-order chi connectivity index (χ1) is 15.3. The van der Waals surface area contributed by atoms with Crippen molar-refractivity contribution in [3.8, 4) is 5.75 Å². The van der Waals surface area contributed by atoms with Crippen LogP contribution in [0, 0.1) is 23.4 Å². The molecule has 6 nitrogen and oxygen atoms in total. The summed E-state index contributed by atoms with van der Waals surface area (Å²) in [4.78, 5) is 31.0. The number of halogens is 6. The summed E-state index contributed by atoms with van der Waals surface area (Å²) in [7, 11) is 0. The van der Waals surface area contributed by atoms with E-state index in [0.717, 1.165) is 10.6 Å². The summed E-state index contributed by atoms with van der Waals surface area (Å²) in [5, 5.41) is 0. The number of benzene rings is 1. The molecule has 0 aliphatic carbocycles. The fourth-order valence-electron chi connectivity index (χ4n) is 3.43. The van der Waals surface area contributed by atoms with E-state index in [1.165, 1.54) is 13.1 Å². The maximum Gasteiger partial charge on any atom is 0.573 e. The first-order valence-electron chi connectivity index (χ1n) is 9.81. The van der Waals surface area contributed by atoms with Crippen molar-refractivity contribution < 1.29 is 40.7 Å². The van der Waals surface area contributed by atoms with E-state index in [9.17, 15) is 35.9 Å². The number of carbonyl (C=O) groups excluding carboxylic acids is 2. The lowest BCUT2D eigenvalue weighted by Gasteiger charge is -2.20. The normalized spacial score (nSPS) is 16.8. The summed E-state index contributed by atoms with van der Waals surface area (Å²) in [5.41, 5.74) is 0.210. The molecule has 1 aliphatic rings. The van der Waals surface area contributed by atoms with E-state index in [2.05, 4.69) is 9.72 Å². The number of ether oxygens (including phenoxy) is 1. The minimum atomic E-state index is -5.49. The van der Waals surface area contributed by atoms with Gasteiger partial charge in [-0.3, -0.25) is 9.78 Å². The number of aromatic nitrogens is 1. The third-order valence-corrected chi connectivity index (χ3v) is 4.89. The number of nitrogens with zero attached hydrogens (tertiary/aromatic N) is 3. The second kappa shape index (κ2) is 8.91. The summed E-state index contributed by atoms with van der Waals surface area (Å²) in [6.45, 7) is 5.24. The lowest BCUT2D eigenvalue weighted by molar-refractivity contribution is -0.276. The fourth-order valence-corrected chi connectivity index (χ4v) is 3.43. The smallest absolute Gasteiger partial charge is 0.399 e. The van der Waals surface area contributed by atoms with Crippen molar-refractivity contribution >= 4 is 17.6 Å². The Balaban J connectivity index is 1.92. The molecule has 1 fully saturated rings. The van der Waals surface area contributed by atoms with Crippen molar-refractivity contribution in [3.63, 3.8) is 0 Å². The van der Waals surface area contributed by atoms with Gasteiger partial charge in [0.1, 0.15) is 6.04 Å². The standard InChI is InChI=1S/C21H19F6N3O3/c1-10(2)6-13-7-12(4-5-28-13)9-29-11(3)19(31)30(20(29)32)15-8-14(22)18(17(24)16(15)23)33-21(25,26)27/h4-5,7-8,10-11H,6,9H2,1-3H3. The van der Waals surface area contributed by atoms with E-state index in [4.69, 9.17) is 0 Å². The average molecular weight is 475 g/mol. The molecule has 3 amide bonds. The van der Waals surface area contributed by atoms with Crippen LogP contribution >= 0.6 is 0 Å². The Kier molecular flexibility index (Phi) is 6.57. The molecule has 33 heavy (non-hydrogen) atoms. The van der Waals surface area contributed by atoms with Gasteiger partial charge in [0.15, 0.2) is 11.6 Å². The Morgan fingerprint density at radius 3 is 2.39 bits per heavy atom.